The van der Waals surface area contributed by atoms with Crippen molar-refractivity contribution in [3.8, 4) is 5.75 Å². The number of methoxy groups -OCH3 is 1. The molecule has 248 valence electrons. The number of carbonyl (C=O) groups is 3. The summed E-state index contributed by atoms with van der Waals surface area (Å²) in [5, 5.41) is 17.4. The molecule has 46 heavy (non-hydrogen) atoms. The van der Waals surface area contributed by atoms with Crippen LogP contribution in [0.4, 0.5) is 19.0 Å². The smallest absolute Gasteiger partial charge is 0.490 e. The van der Waals surface area contributed by atoms with Gasteiger partial charge in [0, 0.05) is 13.6 Å². The summed E-state index contributed by atoms with van der Waals surface area (Å²) < 4.78 is 67.9. The minimum atomic E-state index is -5.08. The first-order valence-electron chi connectivity index (χ1n) is 13.0. The third kappa shape index (κ3) is 9.56. The van der Waals surface area contributed by atoms with Crippen molar-refractivity contribution < 1.29 is 45.8 Å². The van der Waals surface area contributed by atoms with Gasteiger partial charge in [0.1, 0.15) is 9.96 Å². The van der Waals surface area contributed by atoms with E-state index in [1.165, 1.54) is 26.3 Å². The number of thiophene rings is 1. The average molecular weight is 705 g/mol. The summed E-state index contributed by atoms with van der Waals surface area (Å²) in [6.07, 6.45) is -5.21. The number of carboxylic acid groups (broad SMARTS) is 1. The Morgan fingerprint density at radius 3 is 2.37 bits per heavy atom. The third-order valence-corrected chi connectivity index (χ3v) is 9.11. The first kappa shape index (κ1) is 36.1. The van der Waals surface area contributed by atoms with E-state index >= 15 is 0 Å². The van der Waals surface area contributed by atoms with Gasteiger partial charge in [0.15, 0.2) is 5.82 Å². The lowest BCUT2D eigenvalue weighted by Gasteiger charge is -2.11. The number of likely N-dealkylation sites (N-methyl/N-ethyl adjacent to an activating group) is 1. The molecule has 2 heterocycles. The Morgan fingerprint density at radius 2 is 1.78 bits per heavy atom. The molecule has 0 saturated heterocycles. The molecule has 1 atom stereocenters. The highest BCUT2D eigenvalue weighted by atomic mass is 35.5. The highest BCUT2D eigenvalue weighted by Crippen LogP contribution is 2.35. The predicted octanol–water partition coefficient (Wildman–Crippen LogP) is 3.32. The largest absolute Gasteiger partial charge is 0.496 e. The highest BCUT2D eigenvalue weighted by Gasteiger charge is 2.38. The van der Waals surface area contributed by atoms with Gasteiger partial charge in [-0.05, 0) is 35.4 Å². The second kappa shape index (κ2) is 15.3. The monoisotopic (exact) mass is 704 g/mol. The van der Waals surface area contributed by atoms with Gasteiger partial charge in [-0.15, -0.1) is 11.3 Å². The zero-order valence-corrected chi connectivity index (χ0v) is 26.5. The minimum absolute atomic E-state index is 0.0659. The molecule has 0 fully saturated rings. The number of hydrogen-bond donors (Lipinski definition) is 5. The Morgan fingerprint density at radius 1 is 1.13 bits per heavy atom. The quantitative estimate of drug-likeness (QED) is 0.156. The van der Waals surface area contributed by atoms with Crippen LogP contribution < -0.4 is 25.8 Å². The van der Waals surface area contributed by atoms with Crippen LogP contribution in [0.15, 0.2) is 58.8 Å². The number of rotatable bonds is 11. The van der Waals surface area contributed by atoms with Gasteiger partial charge in [0.05, 0.1) is 41.4 Å². The standard InChI is InChI=1S/C25H27ClN6O5S2.C2HF3O2/c1-28-25(34)17(27)12-21(33)29-13-15-5-3-6-16(11-15)14-32-18-7-4-8-19(37-2)23(18)24(30-32)31-39(35,36)22-10-9-20(26)38-22;3-2(4,5)1(6)7/h3-11,17H,12-14,27H2,1-2H3,(H,28,34)(H,29,33)(H,30,31);(H,6,7)/t17-;/m0./s1. The van der Waals surface area contributed by atoms with Crippen LogP contribution in [-0.2, 0) is 37.5 Å². The summed E-state index contributed by atoms with van der Waals surface area (Å²) >= 11 is 6.89. The summed E-state index contributed by atoms with van der Waals surface area (Å²) in [5.41, 5.74) is 8.08. The number of hydrogen-bond acceptors (Lipinski definition) is 9. The number of anilines is 1. The fraction of sp³-hybridized carbons (Fsp3) is 0.259. The molecule has 4 aromatic rings. The number of nitrogens with two attached hydrogens (primary N) is 1. The van der Waals surface area contributed by atoms with Crippen LogP contribution in [0, 0.1) is 0 Å². The van der Waals surface area contributed by atoms with E-state index in [0.29, 0.717) is 27.5 Å². The molecule has 2 aromatic carbocycles. The van der Waals surface area contributed by atoms with Gasteiger partial charge in [-0.3, -0.25) is 19.0 Å². The van der Waals surface area contributed by atoms with Crippen LogP contribution in [0.25, 0.3) is 10.9 Å². The van der Waals surface area contributed by atoms with E-state index in [1.807, 2.05) is 30.3 Å². The summed E-state index contributed by atoms with van der Waals surface area (Å²) in [6, 6.07) is 14.9. The number of sulfonamides is 1. The predicted molar refractivity (Wildman–Crippen MR) is 164 cm³/mol. The molecule has 13 nitrogen and oxygen atoms in total. The van der Waals surface area contributed by atoms with E-state index < -0.39 is 34.1 Å². The maximum Gasteiger partial charge on any atom is 0.490 e. The van der Waals surface area contributed by atoms with Crippen molar-refractivity contribution in [3.63, 3.8) is 0 Å². The molecule has 0 unspecified atom stereocenters. The number of carbonyl (C=O) groups excluding carboxylic acids is 2. The lowest BCUT2D eigenvalue weighted by molar-refractivity contribution is -0.192. The number of amides is 2. The number of benzene rings is 2. The maximum atomic E-state index is 13.0. The second-order valence-corrected chi connectivity index (χ2v) is 13.0. The Hall–Kier alpha value is -4.39. The van der Waals surface area contributed by atoms with Crippen molar-refractivity contribution in [2.75, 3.05) is 18.9 Å². The molecule has 2 amide bonds. The molecule has 0 saturated carbocycles. The van der Waals surface area contributed by atoms with Crippen molar-refractivity contribution in [3.05, 3.63) is 70.1 Å². The maximum absolute atomic E-state index is 13.0. The van der Waals surface area contributed by atoms with Crippen molar-refractivity contribution >= 4 is 67.5 Å². The minimum Gasteiger partial charge on any atom is -0.496 e. The molecular formula is C27H28ClF3N6O7S2. The van der Waals surface area contributed by atoms with Gasteiger partial charge in [-0.1, -0.05) is 41.9 Å². The number of fused-ring (bicyclic) bond motifs is 1. The zero-order valence-electron chi connectivity index (χ0n) is 24.1. The van der Waals surface area contributed by atoms with Crippen molar-refractivity contribution in [1.82, 2.24) is 20.4 Å². The fourth-order valence-electron chi connectivity index (χ4n) is 3.94. The lowest BCUT2D eigenvalue weighted by atomic mass is 10.1. The Labute approximate surface area is 269 Å². The molecule has 19 heteroatoms. The topological polar surface area (TPSA) is 195 Å². The molecule has 0 spiro atoms. The Balaban J connectivity index is 0.000000738. The SMILES string of the molecule is CNC(=O)[C@@H](N)CC(=O)NCc1cccc(Cn2nc(NS(=O)(=O)c3ccc(Cl)s3)c3c(OC)cccc32)c1.O=C(O)C(F)(F)F. The number of aromatic nitrogens is 2. The Kier molecular flexibility index (Phi) is 12.0. The molecule has 4 rings (SSSR count). The number of nitrogens with zero attached hydrogens (tertiary/aromatic N) is 2. The lowest BCUT2D eigenvalue weighted by Crippen LogP contribution is -2.42. The molecule has 0 aliphatic rings. The van der Waals surface area contributed by atoms with Gasteiger partial charge in [-0.25, -0.2) is 13.2 Å². The van der Waals surface area contributed by atoms with Crippen LogP contribution in [0.3, 0.4) is 0 Å². The molecular weight excluding hydrogens is 677 g/mol. The van der Waals surface area contributed by atoms with Crippen molar-refractivity contribution in [2.24, 2.45) is 5.73 Å². The van der Waals surface area contributed by atoms with E-state index in [0.717, 1.165) is 22.5 Å². The summed E-state index contributed by atoms with van der Waals surface area (Å²) in [7, 11) is -0.965. The summed E-state index contributed by atoms with van der Waals surface area (Å²) in [6.45, 7) is 0.564. The van der Waals surface area contributed by atoms with Crippen LogP contribution in [0.1, 0.15) is 17.5 Å². The van der Waals surface area contributed by atoms with Gasteiger partial charge in [-0.2, -0.15) is 18.3 Å². The number of carboxylic acids is 1. The number of ether oxygens (including phenoxy) is 1. The highest BCUT2D eigenvalue weighted by molar-refractivity contribution is 7.94. The van der Waals surface area contributed by atoms with E-state index in [-0.39, 0.29) is 28.9 Å². The van der Waals surface area contributed by atoms with E-state index in [4.69, 9.17) is 32.0 Å². The molecule has 0 aliphatic heterocycles. The van der Waals surface area contributed by atoms with Crippen LogP contribution in [0.5, 0.6) is 5.75 Å². The van der Waals surface area contributed by atoms with Crippen molar-refractivity contribution in [2.45, 2.75) is 35.9 Å². The van der Waals surface area contributed by atoms with Crippen LogP contribution >= 0.6 is 22.9 Å². The van der Waals surface area contributed by atoms with Gasteiger partial charge in [0.25, 0.3) is 10.0 Å². The van der Waals surface area contributed by atoms with Gasteiger partial charge >= 0.3 is 12.1 Å². The number of halogens is 4. The van der Waals surface area contributed by atoms with E-state index in [2.05, 4.69) is 20.5 Å². The molecule has 0 radical (unpaired) electrons. The number of nitrogens with one attached hydrogen (secondary N) is 3. The fourth-order valence-corrected chi connectivity index (χ4v) is 6.43. The van der Waals surface area contributed by atoms with Gasteiger partial charge in [0.2, 0.25) is 11.8 Å². The normalized spacial score (nSPS) is 12.1. The summed E-state index contributed by atoms with van der Waals surface area (Å²) in [5.74, 6) is -2.91. The first-order valence-corrected chi connectivity index (χ1v) is 15.7. The Bertz CT molecular complexity index is 1830. The molecule has 0 aliphatic carbocycles. The number of aliphatic carboxylic acids is 1. The van der Waals surface area contributed by atoms with E-state index in [9.17, 15) is 31.2 Å². The van der Waals surface area contributed by atoms with Crippen molar-refractivity contribution in [1.29, 1.82) is 0 Å². The van der Waals surface area contributed by atoms with Crippen LogP contribution in [-0.4, -0.2) is 67.5 Å². The zero-order chi connectivity index (χ0) is 34.2. The molecule has 6 N–H and O–H groups in total. The summed E-state index contributed by atoms with van der Waals surface area (Å²) in [4.78, 5) is 32.6. The average Bonchev–Trinajstić information content (AvgIpc) is 3.59. The molecule has 0 bridgehead atoms. The van der Waals surface area contributed by atoms with Gasteiger partial charge < -0.3 is 26.2 Å². The number of alkyl halides is 3. The second-order valence-electron chi connectivity index (χ2n) is 9.35. The van der Waals surface area contributed by atoms with Crippen LogP contribution in [0.2, 0.25) is 4.34 Å². The molecule has 2 aromatic heterocycles. The first-order chi connectivity index (χ1) is 21.5. The van der Waals surface area contributed by atoms with E-state index in [1.54, 1.807) is 16.8 Å². The third-order valence-electron chi connectivity index (χ3n) is 6.05.